The van der Waals surface area contributed by atoms with Crippen LogP contribution in [0.2, 0.25) is 0 Å². The van der Waals surface area contributed by atoms with Crippen LogP contribution < -0.4 is 0 Å². The van der Waals surface area contributed by atoms with E-state index in [1.165, 1.54) is 0 Å². The van der Waals surface area contributed by atoms with Gasteiger partial charge >= 0.3 is 0 Å². The molecule has 0 aliphatic carbocycles. The Morgan fingerprint density at radius 3 is 2.18 bits per heavy atom. The summed E-state index contributed by atoms with van der Waals surface area (Å²) in [5.74, 6) is 0. The van der Waals surface area contributed by atoms with E-state index in [1.807, 2.05) is 0 Å². The summed E-state index contributed by atoms with van der Waals surface area (Å²) in [6.45, 7) is 0. The van der Waals surface area contributed by atoms with Crippen molar-refractivity contribution in [3.63, 3.8) is 0 Å². The largest absolute Gasteiger partial charge is 0.131 e. The first-order chi connectivity index (χ1) is 5.22. The Morgan fingerprint density at radius 2 is 1.82 bits per heavy atom. The molecule has 2 heterocycles. The number of hydroxylamine groups is 2. The molecule has 0 saturated carbocycles. The van der Waals surface area contributed by atoms with Crippen LogP contribution in [0.25, 0.3) is 0 Å². The third-order valence-electron chi connectivity index (χ3n) is 2.92. The molecule has 0 aromatic carbocycles. The molecular weight excluding hydrogens is 162 g/mol. The lowest BCUT2D eigenvalue weighted by molar-refractivity contribution is -0.258. The topological polar surface area (TPSA) is 23.1 Å². The summed E-state index contributed by atoms with van der Waals surface area (Å²) in [6, 6.07) is 0.231. The number of halogens is 1. The van der Waals surface area contributed by atoms with Gasteiger partial charge in [0.05, 0.1) is 0 Å². The molecule has 2 aliphatic rings. The van der Waals surface area contributed by atoms with E-state index in [1.54, 1.807) is 0 Å². The maximum Gasteiger partial charge on any atom is 0.123 e. The Kier molecular flexibility index (Phi) is 1.86. The molecule has 0 N–H and O–H groups in total. The standard InChI is InChI=1S/C8H13ClNO/c9-8-5-1-3-7(10(8)11)4-2-6-8/h7H,1-6H2. The van der Waals surface area contributed by atoms with E-state index >= 15 is 0 Å². The van der Waals surface area contributed by atoms with Gasteiger partial charge in [-0.1, -0.05) is 11.6 Å². The zero-order valence-corrected chi connectivity index (χ0v) is 7.31. The van der Waals surface area contributed by atoms with Crippen LogP contribution in [0.15, 0.2) is 0 Å². The predicted molar refractivity (Wildman–Crippen MR) is 42.6 cm³/mol. The number of alkyl halides is 1. The minimum absolute atomic E-state index is 0.231. The molecule has 0 unspecified atom stereocenters. The van der Waals surface area contributed by atoms with Crippen molar-refractivity contribution >= 4 is 11.6 Å². The Balaban J connectivity index is 2.17. The number of rotatable bonds is 0. The van der Waals surface area contributed by atoms with Crippen LogP contribution in [0.5, 0.6) is 0 Å². The summed E-state index contributed by atoms with van der Waals surface area (Å²) in [5, 5.41) is 12.7. The molecular formula is C8H13ClNO. The van der Waals surface area contributed by atoms with E-state index in [2.05, 4.69) is 0 Å². The quantitative estimate of drug-likeness (QED) is 0.408. The molecule has 0 aromatic rings. The summed E-state index contributed by atoms with van der Waals surface area (Å²) < 4.78 is 0. The van der Waals surface area contributed by atoms with Crippen molar-refractivity contribution in [3.8, 4) is 0 Å². The molecule has 2 aliphatic heterocycles. The van der Waals surface area contributed by atoms with Gasteiger partial charge in [0, 0.05) is 6.04 Å². The smallest absolute Gasteiger partial charge is 0.123 e. The van der Waals surface area contributed by atoms with Crippen LogP contribution in [-0.2, 0) is 5.21 Å². The summed E-state index contributed by atoms with van der Waals surface area (Å²) in [7, 11) is 0. The number of nitrogens with zero attached hydrogens (tertiary/aromatic N) is 1. The van der Waals surface area contributed by atoms with Crippen LogP contribution in [0, 0.1) is 0 Å². The molecule has 2 saturated heterocycles. The lowest BCUT2D eigenvalue weighted by atomic mass is 9.86. The van der Waals surface area contributed by atoms with Crippen molar-refractivity contribution in [3.05, 3.63) is 0 Å². The maximum atomic E-state index is 11.5. The second kappa shape index (κ2) is 2.61. The monoisotopic (exact) mass is 174 g/mol. The van der Waals surface area contributed by atoms with E-state index in [0.29, 0.717) is 0 Å². The van der Waals surface area contributed by atoms with Crippen LogP contribution in [-0.4, -0.2) is 16.1 Å². The van der Waals surface area contributed by atoms with Gasteiger partial charge in [-0.2, -0.15) is 0 Å². The van der Waals surface area contributed by atoms with Crippen molar-refractivity contribution in [2.45, 2.75) is 49.6 Å². The molecule has 0 aromatic heterocycles. The predicted octanol–water partition coefficient (Wildman–Crippen LogP) is 2.31. The summed E-state index contributed by atoms with van der Waals surface area (Å²) in [5.41, 5.74) is 0. The van der Waals surface area contributed by atoms with Gasteiger partial charge in [0.25, 0.3) is 0 Å². The molecule has 1 radical (unpaired) electrons. The van der Waals surface area contributed by atoms with Gasteiger partial charge in [-0.3, -0.25) is 0 Å². The molecule has 2 rings (SSSR count). The van der Waals surface area contributed by atoms with Gasteiger partial charge in [-0.15, -0.1) is 10.3 Å². The fourth-order valence-electron chi connectivity index (χ4n) is 2.27. The fourth-order valence-corrected chi connectivity index (χ4v) is 2.67. The van der Waals surface area contributed by atoms with E-state index in [0.717, 1.165) is 43.6 Å². The van der Waals surface area contributed by atoms with Crippen molar-refractivity contribution in [2.24, 2.45) is 0 Å². The van der Waals surface area contributed by atoms with Gasteiger partial charge in [0.15, 0.2) is 0 Å². The summed E-state index contributed by atoms with van der Waals surface area (Å²) in [6.07, 6.45) is 6.14. The number of hydrogen-bond donors (Lipinski definition) is 0. The minimum Gasteiger partial charge on any atom is -0.131 e. The first-order valence-corrected chi connectivity index (χ1v) is 4.75. The lowest BCUT2D eigenvalue weighted by Gasteiger charge is -2.45. The SMILES string of the molecule is [O]N1C2CCCC1(Cl)CCC2. The van der Waals surface area contributed by atoms with Crippen molar-refractivity contribution in [1.82, 2.24) is 5.06 Å². The van der Waals surface area contributed by atoms with Gasteiger partial charge in [-0.05, 0) is 38.5 Å². The number of piperidine rings is 2. The highest BCUT2D eigenvalue weighted by molar-refractivity contribution is 6.23. The van der Waals surface area contributed by atoms with Crippen molar-refractivity contribution in [1.29, 1.82) is 0 Å². The highest BCUT2D eigenvalue weighted by Crippen LogP contribution is 2.43. The highest BCUT2D eigenvalue weighted by atomic mass is 35.5. The Labute approximate surface area is 72.1 Å². The second-order valence-corrected chi connectivity index (χ2v) is 4.39. The van der Waals surface area contributed by atoms with Crippen molar-refractivity contribution < 1.29 is 5.21 Å². The second-order valence-electron chi connectivity index (χ2n) is 3.68. The van der Waals surface area contributed by atoms with Gasteiger partial charge in [0.1, 0.15) is 5.00 Å². The van der Waals surface area contributed by atoms with Crippen LogP contribution in [0.3, 0.4) is 0 Å². The lowest BCUT2D eigenvalue weighted by Crippen LogP contribution is -2.53. The van der Waals surface area contributed by atoms with E-state index in [4.69, 9.17) is 11.6 Å². The first-order valence-electron chi connectivity index (χ1n) is 4.38. The molecule has 3 heteroatoms. The normalized spacial score (nSPS) is 45.8. The van der Waals surface area contributed by atoms with Gasteiger partial charge in [0.2, 0.25) is 0 Å². The minimum atomic E-state index is -0.513. The maximum absolute atomic E-state index is 11.5. The Bertz CT molecular complexity index is 152. The van der Waals surface area contributed by atoms with E-state index < -0.39 is 5.00 Å². The van der Waals surface area contributed by atoms with Crippen LogP contribution in [0.1, 0.15) is 38.5 Å². The average molecular weight is 175 g/mol. The van der Waals surface area contributed by atoms with Gasteiger partial charge < -0.3 is 0 Å². The number of hydrogen-bond acceptors (Lipinski definition) is 1. The molecule has 2 bridgehead atoms. The zero-order valence-electron chi connectivity index (χ0n) is 6.55. The van der Waals surface area contributed by atoms with Crippen LogP contribution in [0.4, 0.5) is 0 Å². The molecule has 0 spiro atoms. The molecule has 2 nitrogen and oxygen atoms in total. The summed E-state index contributed by atoms with van der Waals surface area (Å²) >= 11 is 6.17. The number of fused-ring (bicyclic) bond motifs is 2. The zero-order chi connectivity index (χ0) is 7.90. The van der Waals surface area contributed by atoms with E-state index in [9.17, 15) is 5.21 Å². The summed E-state index contributed by atoms with van der Waals surface area (Å²) in [4.78, 5) is -0.513. The van der Waals surface area contributed by atoms with Crippen LogP contribution >= 0.6 is 11.6 Å². The molecule has 0 atom stereocenters. The van der Waals surface area contributed by atoms with Crippen molar-refractivity contribution in [2.75, 3.05) is 0 Å². The first kappa shape index (κ1) is 7.84. The van der Waals surface area contributed by atoms with Gasteiger partial charge in [-0.25, -0.2) is 0 Å². The fraction of sp³-hybridized carbons (Fsp3) is 1.00. The third kappa shape index (κ3) is 1.17. The Hall–Kier alpha value is 0.210. The third-order valence-corrected chi connectivity index (χ3v) is 3.47. The molecule has 63 valence electrons. The average Bonchev–Trinajstić information content (AvgIpc) is 1.93. The highest BCUT2D eigenvalue weighted by Gasteiger charge is 2.45. The molecule has 0 amide bonds. The Morgan fingerprint density at radius 1 is 1.27 bits per heavy atom. The molecule has 2 fully saturated rings. The molecule has 11 heavy (non-hydrogen) atoms. The van der Waals surface area contributed by atoms with E-state index in [-0.39, 0.29) is 6.04 Å².